The number of ether oxygens (including phenoxy) is 4. The van der Waals surface area contributed by atoms with E-state index in [0.717, 1.165) is 24.2 Å². The van der Waals surface area contributed by atoms with Crippen molar-refractivity contribution in [2.75, 3.05) is 46.4 Å². The summed E-state index contributed by atoms with van der Waals surface area (Å²) in [5.41, 5.74) is 0.352. The maximum atomic E-state index is 13.8. The molecule has 4 aliphatic heterocycles. The van der Waals surface area contributed by atoms with Crippen LogP contribution in [0, 0.1) is 11.3 Å². The zero-order valence-electron chi connectivity index (χ0n) is 19.2. The van der Waals surface area contributed by atoms with Crippen LogP contribution < -0.4 is 14.4 Å². The lowest BCUT2D eigenvalue weighted by Crippen LogP contribution is -2.79. The van der Waals surface area contributed by atoms with Crippen molar-refractivity contribution in [2.24, 2.45) is 11.3 Å². The van der Waals surface area contributed by atoms with Crippen molar-refractivity contribution in [3.05, 3.63) is 29.3 Å². The smallest absolute Gasteiger partial charge is 0.315 e. The van der Waals surface area contributed by atoms with Crippen LogP contribution in [-0.4, -0.2) is 75.5 Å². The molecule has 6 atom stereocenters. The van der Waals surface area contributed by atoms with E-state index < -0.39 is 16.6 Å². The van der Waals surface area contributed by atoms with Gasteiger partial charge in [0.15, 0.2) is 17.2 Å². The average molecular weight is 443 g/mol. The van der Waals surface area contributed by atoms with Gasteiger partial charge in [0, 0.05) is 37.7 Å². The Morgan fingerprint density at radius 2 is 2.00 bits per heavy atom. The first-order valence-corrected chi connectivity index (χ1v) is 11.2. The SMILES string of the molecule is CC=C1CN2[C@@H]3C[C@@]45c6cc(OC)c(OC)cc6N(C)[C@]4(O3)[C@@H]2C[C@@H]1[C@@]5(CO)C(=O)OC. The predicted molar refractivity (Wildman–Crippen MR) is 116 cm³/mol. The Labute approximate surface area is 187 Å². The quantitative estimate of drug-likeness (QED) is 0.557. The molecule has 0 unspecified atom stereocenters. The largest absolute Gasteiger partial charge is 0.493 e. The van der Waals surface area contributed by atoms with E-state index in [1.165, 1.54) is 12.7 Å². The van der Waals surface area contributed by atoms with E-state index in [1.807, 2.05) is 26.1 Å². The van der Waals surface area contributed by atoms with Gasteiger partial charge >= 0.3 is 5.97 Å². The number of likely N-dealkylation sites (N-methyl/N-ethyl adjacent to an activating group) is 1. The summed E-state index contributed by atoms with van der Waals surface area (Å²) < 4.78 is 23.6. The number of piperidine rings is 2. The molecule has 1 aromatic carbocycles. The molecule has 8 heteroatoms. The molecule has 1 aromatic rings. The molecular formula is C24H30N2O6. The van der Waals surface area contributed by atoms with Crippen molar-refractivity contribution in [3.63, 3.8) is 0 Å². The molecule has 1 spiro atoms. The Morgan fingerprint density at radius 3 is 2.62 bits per heavy atom. The molecule has 32 heavy (non-hydrogen) atoms. The van der Waals surface area contributed by atoms with Crippen LogP contribution in [0.15, 0.2) is 23.8 Å². The second-order valence-corrected chi connectivity index (χ2v) is 9.62. The molecule has 172 valence electrons. The molecule has 6 rings (SSSR count). The minimum atomic E-state index is -1.17. The number of allylic oxidation sites excluding steroid dienone is 1. The highest BCUT2D eigenvalue weighted by Crippen LogP contribution is 2.78. The summed E-state index contributed by atoms with van der Waals surface area (Å²) in [5, 5.41) is 11.1. The van der Waals surface area contributed by atoms with E-state index in [4.69, 9.17) is 18.9 Å². The van der Waals surface area contributed by atoms with E-state index in [9.17, 15) is 9.90 Å². The third kappa shape index (κ3) is 1.74. The van der Waals surface area contributed by atoms with Gasteiger partial charge in [0.25, 0.3) is 0 Å². The third-order valence-corrected chi connectivity index (χ3v) is 9.25. The van der Waals surface area contributed by atoms with Crippen LogP contribution in [0.1, 0.15) is 25.3 Å². The van der Waals surface area contributed by atoms with Crippen molar-refractivity contribution in [1.29, 1.82) is 0 Å². The Hall–Kier alpha value is -2.29. The van der Waals surface area contributed by atoms with Crippen LogP contribution in [0.4, 0.5) is 5.69 Å². The van der Waals surface area contributed by atoms with E-state index in [-0.39, 0.29) is 30.8 Å². The highest BCUT2D eigenvalue weighted by atomic mass is 16.6. The summed E-state index contributed by atoms with van der Waals surface area (Å²) in [7, 11) is 6.68. The lowest BCUT2D eigenvalue weighted by Gasteiger charge is -2.65. The zero-order chi connectivity index (χ0) is 22.6. The molecule has 0 amide bonds. The number of nitrogens with zero attached hydrogens (tertiary/aromatic N) is 2. The molecule has 5 aliphatic rings. The first-order chi connectivity index (χ1) is 15.4. The van der Waals surface area contributed by atoms with Crippen molar-refractivity contribution < 1.29 is 28.8 Å². The Bertz CT molecular complexity index is 1060. The first-order valence-electron chi connectivity index (χ1n) is 11.2. The second kappa shape index (κ2) is 6.18. The van der Waals surface area contributed by atoms with E-state index in [2.05, 4.69) is 15.9 Å². The van der Waals surface area contributed by atoms with Gasteiger partial charge in [-0.3, -0.25) is 9.69 Å². The number of benzene rings is 1. The highest BCUT2D eigenvalue weighted by Gasteiger charge is 2.88. The van der Waals surface area contributed by atoms with Crippen LogP contribution in [0.2, 0.25) is 0 Å². The molecule has 0 radical (unpaired) electrons. The highest BCUT2D eigenvalue weighted by molar-refractivity contribution is 5.86. The molecule has 8 nitrogen and oxygen atoms in total. The van der Waals surface area contributed by atoms with Crippen molar-refractivity contribution in [3.8, 4) is 11.5 Å². The van der Waals surface area contributed by atoms with Gasteiger partial charge in [-0.2, -0.15) is 0 Å². The molecule has 1 aliphatic carbocycles. The third-order valence-electron chi connectivity index (χ3n) is 9.25. The standard InChI is InChI=1S/C24H30N2O6/c1-6-13-11-26-19-8-14(13)22(12-27,21(28)31-5)23-10-20(26)32-24(19,23)25(2)16-9-18(30-4)17(29-3)7-15(16)23/h6-7,9,14,19-20,27H,8,10-12H2,1-5H3/t14-,19-,20-,22-,23-,24-/m0/s1. The monoisotopic (exact) mass is 442 g/mol. The van der Waals surface area contributed by atoms with Gasteiger partial charge in [-0.25, -0.2) is 0 Å². The number of carbonyl (C=O) groups is 1. The Kier molecular flexibility index (Phi) is 3.93. The zero-order valence-corrected chi connectivity index (χ0v) is 19.2. The minimum Gasteiger partial charge on any atom is -0.493 e. The van der Waals surface area contributed by atoms with Gasteiger partial charge in [0.2, 0.25) is 0 Å². The van der Waals surface area contributed by atoms with Gasteiger partial charge in [-0.1, -0.05) is 11.6 Å². The van der Waals surface area contributed by atoms with Gasteiger partial charge < -0.3 is 29.0 Å². The Balaban J connectivity index is 1.74. The molecule has 1 N–H and O–H groups in total. The fourth-order valence-electron chi connectivity index (χ4n) is 8.15. The molecule has 4 bridgehead atoms. The van der Waals surface area contributed by atoms with Crippen LogP contribution >= 0.6 is 0 Å². The molecule has 4 heterocycles. The maximum absolute atomic E-state index is 13.8. The van der Waals surface area contributed by atoms with Crippen molar-refractivity contribution in [1.82, 2.24) is 4.90 Å². The van der Waals surface area contributed by atoms with Crippen LogP contribution in [-0.2, 0) is 19.7 Å². The van der Waals surface area contributed by atoms with Gasteiger partial charge in [-0.05, 0) is 25.0 Å². The number of esters is 1. The predicted octanol–water partition coefficient (Wildman–Crippen LogP) is 1.65. The number of anilines is 1. The first kappa shape index (κ1) is 20.3. The normalized spacial score (nSPS) is 41.8. The summed E-state index contributed by atoms with van der Waals surface area (Å²) in [5.74, 6) is 0.724. The number of methoxy groups -OCH3 is 3. The number of aliphatic hydroxyl groups excluding tert-OH is 1. The van der Waals surface area contributed by atoms with E-state index in [0.29, 0.717) is 17.9 Å². The van der Waals surface area contributed by atoms with Gasteiger partial charge in [-0.15, -0.1) is 0 Å². The van der Waals surface area contributed by atoms with Crippen molar-refractivity contribution >= 4 is 11.7 Å². The number of aliphatic hydroxyl groups is 1. The van der Waals surface area contributed by atoms with E-state index in [1.54, 1.807) is 14.2 Å². The molecule has 3 saturated heterocycles. The number of hydrogen-bond acceptors (Lipinski definition) is 8. The Morgan fingerprint density at radius 1 is 1.28 bits per heavy atom. The number of hydrogen-bond donors (Lipinski definition) is 1. The lowest BCUT2D eigenvalue weighted by molar-refractivity contribution is -0.194. The van der Waals surface area contributed by atoms with Gasteiger partial charge in [0.05, 0.1) is 39.4 Å². The summed E-state index contributed by atoms with van der Waals surface area (Å²) in [6, 6.07) is 4.06. The van der Waals surface area contributed by atoms with Gasteiger partial charge in [0.1, 0.15) is 11.6 Å². The molecular weight excluding hydrogens is 412 g/mol. The summed E-state index contributed by atoms with van der Waals surface area (Å²) in [6.45, 7) is 2.44. The summed E-state index contributed by atoms with van der Waals surface area (Å²) in [4.78, 5) is 18.4. The number of carbonyl (C=O) groups excluding carboxylic acids is 1. The molecule has 0 aromatic heterocycles. The number of fused-ring (bicyclic) bond motifs is 4. The fourth-order valence-corrected chi connectivity index (χ4v) is 8.15. The second-order valence-electron chi connectivity index (χ2n) is 9.62. The average Bonchev–Trinajstić information content (AvgIpc) is 3.43. The summed E-state index contributed by atoms with van der Waals surface area (Å²) >= 11 is 0. The fraction of sp³-hybridized carbons (Fsp3) is 0.625. The number of rotatable bonds is 4. The van der Waals surface area contributed by atoms with Crippen molar-refractivity contribution in [2.45, 2.75) is 43.2 Å². The van der Waals surface area contributed by atoms with Crippen LogP contribution in [0.5, 0.6) is 11.5 Å². The maximum Gasteiger partial charge on any atom is 0.315 e. The van der Waals surface area contributed by atoms with Crippen LogP contribution in [0.3, 0.4) is 0 Å². The van der Waals surface area contributed by atoms with Crippen LogP contribution in [0.25, 0.3) is 0 Å². The summed E-state index contributed by atoms with van der Waals surface area (Å²) in [6.07, 6.45) is 3.32. The molecule has 4 fully saturated rings. The lowest BCUT2D eigenvalue weighted by atomic mass is 9.42. The molecule has 1 saturated carbocycles. The minimum absolute atomic E-state index is 0.105. The van der Waals surface area contributed by atoms with E-state index >= 15 is 0 Å². The topological polar surface area (TPSA) is 80.7 Å².